The van der Waals surface area contributed by atoms with Gasteiger partial charge in [-0.25, -0.2) is 4.98 Å². The van der Waals surface area contributed by atoms with Gasteiger partial charge in [0, 0.05) is 11.8 Å². The lowest BCUT2D eigenvalue weighted by Gasteiger charge is -2.09. The van der Waals surface area contributed by atoms with Gasteiger partial charge < -0.3 is 14.9 Å². The molecule has 2 aromatic heterocycles. The minimum Gasteiger partial charge on any atom is -0.485 e. The van der Waals surface area contributed by atoms with E-state index in [-0.39, 0.29) is 0 Å². The zero-order valence-electron chi connectivity index (χ0n) is 10.0. The number of H-pyrrole nitrogens is 1. The van der Waals surface area contributed by atoms with Crippen LogP contribution in [0.3, 0.4) is 0 Å². The van der Waals surface area contributed by atoms with E-state index in [1.54, 1.807) is 12.3 Å². The Morgan fingerprint density at radius 1 is 1.32 bits per heavy atom. The zero-order valence-corrected chi connectivity index (χ0v) is 10.0. The van der Waals surface area contributed by atoms with E-state index >= 15 is 0 Å². The van der Waals surface area contributed by atoms with E-state index in [1.165, 1.54) is 12.7 Å². The largest absolute Gasteiger partial charge is 0.485 e. The lowest BCUT2D eigenvalue weighted by atomic mass is 10.1. The standard InChI is InChI=1S/C13H12N4O2/c14-12-2-1-9(10-4-16-17-5-10)3-13(12)19-7-11-6-18-8-15-11/h1-6,8H,7,14H2,(H,16,17). The van der Waals surface area contributed by atoms with Gasteiger partial charge in [0.2, 0.25) is 0 Å². The van der Waals surface area contributed by atoms with Gasteiger partial charge in [-0.05, 0) is 17.7 Å². The summed E-state index contributed by atoms with van der Waals surface area (Å²) in [5, 5.41) is 6.69. The number of hydrogen-bond donors (Lipinski definition) is 2. The molecule has 0 unspecified atom stereocenters. The van der Waals surface area contributed by atoms with E-state index < -0.39 is 0 Å². The number of nitrogen functional groups attached to an aromatic ring is 1. The number of aromatic nitrogens is 3. The second-order valence-corrected chi connectivity index (χ2v) is 4.01. The molecule has 0 saturated carbocycles. The first kappa shape index (κ1) is 11.3. The average Bonchev–Trinajstić information content (AvgIpc) is 3.11. The fraction of sp³-hybridized carbons (Fsp3) is 0.0769. The molecule has 0 atom stereocenters. The highest BCUT2D eigenvalue weighted by molar-refractivity contribution is 5.68. The molecule has 6 heteroatoms. The van der Waals surface area contributed by atoms with Crippen molar-refractivity contribution in [2.45, 2.75) is 6.61 Å². The SMILES string of the molecule is Nc1ccc(-c2cn[nH]c2)cc1OCc1cocn1. The number of ether oxygens (including phenoxy) is 1. The molecule has 0 amide bonds. The number of hydrogen-bond acceptors (Lipinski definition) is 5. The first-order valence-electron chi connectivity index (χ1n) is 5.71. The van der Waals surface area contributed by atoms with E-state index in [0.29, 0.717) is 23.7 Å². The molecule has 96 valence electrons. The van der Waals surface area contributed by atoms with Crippen molar-refractivity contribution in [3.63, 3.8) is 0 Å². The third-order valence-corrected chi connectivity index (χ3v) is 2.70. The van der Waals surface area contributed by atoms with Crippen molar-refractivity contribution in [3.8, 4) is 16.9 Å². The quantitative estimate of drug-likeness (QED) is 0.698. The molecule has 0 aliphatic heterocycles. The van der Waals surface area contributed by atoms with Gasteiger partial charge in [0.05, 0.1) is 11.9 Å². The number of aromatic amines is 1. The fourth-order valence-corrected chi connectivity index (χ4v) is 1.71. The molecule has 3 rings (SSSR count). The van der Waals surface area contributed by atoms with Gasteiger partial charge >= 0.3 is 0 Å². The number of anilines is 1. The second-order valence-electron chi connectivity index (χ2n) is 4.01. The van der Waals surface area contributed by atoms with Crippen LogP contribution in [0, 0.1) is 0 Å². The Kier molecular flexibility index (Phi) is 2.89. The summed E-state index contributed by atoms with van der Waals surface area (Å²) in [4.78, 5) is 3.99. The minimum atomic E-state index is 0.315. The minimum absolute atomic E-state index is 0.315. The number of oxazole rings is 1. The Hall–Kier alpha value is -2.76. The molecule has 6 nitrogen and oxygen atoms in total. The Morgan fingerprint density at radius 2 is 2.26 bits per heavy atom. The number of nitrogens with two attached hydrogens (primary N) is 1. The van der Waals surface area contributed by atoms with E-state index in [2.05, 4.69) is 15.2 Å². The Morgan fingerprint density at radius 3 is 3.00 bits per heavy atom. The van der Waals surface area contributed by atoms with Crippen LogP contribution in [0.2, 0.25) is 0 Å². The highest BCUT2D eigenvalue weighted by atomic mass is 16.5. The van der Waals surface area contributed by atoms with Crippen molar-refractivity contribution in [2.24, 2.45) is 0 Å². The number of rotatable bonds is 4. The van der Waals surface area contributed by atoms with Crippen LogP contribution < -0.4 is 10.5 Å². The summed E-state index contributed by atoms with van der Waals surface area (Å²) < 4.78 is 10.5. The van der Waals surface area contributed by atoms with Crippen molar-refractivity contribution in [1.29, 1.82) is 0 Å². The van der Waals surface area contributed by atoms with Gasteiger partial charge in [0.15, 0.2) is 6.39 Å². The van der Waals surface area contributed by atoms with Crippen LogP contribution in [0.4, 0.5) is 5.69 Å². The molecule has 1 aromatic carbocycles. The monoisotopic (exact) mass is 256 g/mol. The smallest absolute Gasteiger partial charge is 0.180 e. The molecular formula is C13H12N4O2. The summed E-state index contributed by atoms with van der Waals surface area (Å²) in [6.45, 7) is 0.315. The van der Waals surface area contributed by atoms with Crippen LogP contribution >= 0.6 is 0 Å². The molecule has 0 aliphatic rings. The van der Waals surface area contributed by atoms with Crippen molar-refractivity contribution in [2.75, 3.05) is 5.73 Å². The van der Waals surface area contributed by atoms with Gasteiger partial charge in [-0.15, -0.1) is 0 Å². The third-order valence-electron chi connectivity index (χ3n) is 2.70. The molecule has 0 bridgehead atoms. The predicted molar refractivity (Wildman–Crippen MR) is 69.3 cm³/mol. The molecule has 0 aliphatic carbocycles. The molecular weight excluding hydrogens is 244 g/mol. The summed E-state index contributed by atoms with van der Waals surface area (Å²) in [5.74, 6) is 0.613. The summed E-state index contributed by atoms with van der Waals surface area (Å²) in [6, 6.07) is 5.60. The number of benzene rings is 1. The molecule has 19 heavy (non-hydrogen) atoms. The maximum atomic E-state index is 5.89. The summed E-state index contributed by atoms with van der Waals surface area (Å²) >= 11 is 0. The molecule has 0 radical (unpaired) electrons. The van der Waals surface area contributed by atoms with Crippen LogP contribution in [0.1, 0.15) is 5.69 Å². The van der Waals surface area contributed by atoms with Crippen molar-refractivity contribution >= 4 is 5.69 Å². The van der Waals surface area contributed by atoms with Crippen LogP contribution in [-0.2, 0) is 6.61 Å². The van der Waals surface area contributed by atoms with Crippen LogP contribution in [-0.4, -0.2) is 15.2 Å². The molecule has 0 saturated heterocycles. The second kappa shape index (κ2) is 4.85. The summed E-state index contributed by atoms with van der Waals surface area (Å²) in [5.41, 5.74) is 9.15. The van der Waals surface area contributed by atoms with Crippen LogP contribution in [0.15, 0.2) is 47.7 Å². The average molecular weight is 256 g/mol. The van der Waals surface area contributed by atoms with Gasteiger partial charge in [0.25, 0.3) is 0 Å². The number of nitrogens with zero attached hydrogens (tertiary/aromatic N) is 2. The predicted octanol–water partition coefficient (Wildman–Crippen LogP) is 2.23. The molecule has 2 heterocycles. The fourth-order valence-electron chi connectivity index (χ4n) is 1.71. The van der Waals surface area contributed by atoms with E-state index in [1.807, 2.05) is 18.3 Å². The summed E-state index contributed by atoms with van der Waals surface area (Å²) in [6.07, 6.45) is 6.46. The van der Waals surface area contributed by atoms with Gasteiger partial charge in [0.1, 0.15) is 24.3 Å². The molecule has 3 N–H and O–H groups in total. The van der Waals surface area contributed by atoms with Crippen molar-refractivity contribution in [3.05, 3.63) is 48.9 Å². The Balaban J connectivity index is 1.82. The zero-order chi connectivity index (χ0) is 13.1. The topological polar surface area (TPSA) is 90.0 Å². The molecule has 3 aromatic rings. The summed E-state index contributed by atoms with van der Waals surface area (Å²) in [7, 11) is 0. The molecule has 0 fully saturated rings. The first-order valence-corrected chi connectivity index (χ1v) is 5.71. The maximum absolute atomic E-state index is 5.89. The highest BCUT2D eigenvalue weighted by Gasteiger charge is 2.06. The molecule has 0 spiro atoms. The Labute approximate surface area is 109 Å². The Bertz CT molecular complexity index is 647. The maximum Gasteiger partial charge on any atom is 0.180 e. The third kappa shape index (κ3) is 2.42. The van der Waals surface area contributed by atoms with Crippen molar-refractivity contribution in [1.82, 2.24) is 15.2 Å². The van der Waals surface area contributed by atoms with E-state index in [0.717, 1.165) is 11.1 Å². The van der Waals surface area contributed by atoms with Gasteiger partial charge in [-0.2, -0.15) is 5.10 Å². The first-order chi connectivity index (χ1) is 9.33. The van der Waals surface area contributed by atoms with Crippen LogP contribution in [0.25, 0.3) is 11.1 Å². The number of nitrogens with one attached hydrogen (secondary N) is 1. The van der Waals surface area contributed by atoms with E-state index in [9.17, 15) is 0 Å². The lowest BCUT2D eigenvalue weighted by molar-refractivity contribution is 0.303. The lowest BCUT2D eigenvalue weighted by Crippen LogP contribution is -1.99. The normalized spacial score (nSPS) is 10.5. The van der Waals surface area contributed by atoms with Crippen molar-refractivity contribution < 1.29 is 9.15 Å². The van der Waals surface area contributed by atoms with E-state index in [4.69, 9.17) is 14.9 Å². The van der Waals surface area contributed by atoms with Gasteiger partial charge in [-0.3, -0.25) is 5.10 Å². The van der Waals surface area contributed by atoms with Crippen LogP contribution in [0.5, 0.6) is 5.75 Å². The van der Waals surface area contributed by atoms with Gasteiger partial charge in [-0.1, -0.05) is 6.07 Å². The highest BCUT2D eigenvalue weighted by Crippen LogP contribution is 2.28.